The van der Waals surface area contributed by atoms with E-state index in [9.17, 15) is 13.6 Å². The van der Waals surface area contributed by atoms with Crippen molar-refractivity contribution in [2.24, 2.45) is 10.7 Å². The number of amides is 1. The van der Waals surface area contributed by atoms with Gasteiger partial charge >= 0.3 is 0 Å². The molecule has 3 rings (SSSR count). The highest BCUT2D eigenvalue weighted by Crippen LogP contribution is 2.33. The van der Waals surface area contributed by atoms with E-state index in [4.69, 9.17) is 5.73 Å². The number of nitrogens with zero attached hydrogens (tertiary/aromatic N) is 1. The maximum absolute atomic E-state index is 13.1. The first kappa shape index (κ1) is 14.2. The van der Waals surface area contributed by atoms with E-state index in [0.717, 1.165) is 5.56 Å². The van der Waals surface area contributed by atoms with Crippen LogP contribution in [0.2, 0.25) is 0 Å². The number of nitrogens with one attached hydrogen (secondary N) is 1. The van der Waals surface area contributed by atoms with Crippen molar-refractivity contribution in [1.29, 1.82) is 0 Å². The Kier molecular flexibility index (Phi) is 3.36. The van der Waals surface area contributed by atoms with Crippen LogP contribution in [0.15, 0.2) is 53.5 Å². The van der Waals surface area contributed by atoms with Gasteiger partial charge < -0.3 is 5.73 Å². The highest BCUT2D eigenvalue weighted by Gasteiger charge is 2.44. The lowest BCUT2D eigenvalue weighted by atomic mass is 9.84. The number of guanidine groups is 1. The van der Waals surface area contributed by atoms with E-state index in [2.05, 4.69) is 10.3 Å². The van der Waals surface area contributed by atoms with Crippen LogP contribution in [0.3, 0.4) is 0 Å². The fourth-order valence-electron chi connectivity index (χ4n) is 2.54. The molecule has 1 atom stereocenters. The van der Waals surface area contributed by atoms with Gasteiger partial charge in [0.15, 0.2) is 11.5 Å². The molecule has 0 fully saturated rings. The highest BCUT2D eigenvalue weighted by atomic mass is 19.1. The number of carbonyl (C=O) groups is 1. The van der Waals surface area contributed by atoms with Gasteiger partial charge in [-0.2, -0.15) is 0 Å². The molecule has 0 saturated carbocycles. The summed E-state index contributed by atoms with van der Waals surface area (Å²) in [7, 11) is 0. The molecular weight excluding hydrogens is 288 g/mol. The Balaban J connectivity index is 2.06. The maximum Gasteiger partial charge on any atom is 0.259 e. The summed E-state index contributed by atoms with van der Waals surface area (Å²) in [6, 6.07) is 11.3. The maximum atomic E-state index is 13.1. The van der Waals surface area contributed by atoms with E-state index in [-0.39, 0.29) is 24.1 Å². The second-order valence-electron chi connectivity index (χ2n) is 5.12. The van der Waals surface area contributed by atoms with E-state index in [1.807, 2.05) is 0 Å². The lowest BCUT2D eigenvalue weighted by molar-refractivity contribution is -0.124. The van der Waals surface area contributed by atoms with Crippen LogP contribution in [0, 0.1) is 11.6 Å². The summed E-state index contributed by atoms with van der Waals surface area (Å²) in [5.41, 5.74) is 5.61. The molecule has 2 aromatic carbocycles. The van der Waals surface area contributed by atoms with Gasteiger partial charge in [0.1, 0.15) is 11.6 Å². The van der Waals surface area contributed by atoms with Crippen LogP contribution in [0.1, 0.15) is 11.1 Å². The highest BCUT2D eigenvalue weighted by molar-refractivity contribution is 6.07. The first-order valence-electron chi connectivity index (χ1n) is 6.67. The lowest BCUT2D eigenvalue weighted by Gasteiger charge is -2.24. The quantitative estimate of drug-likeness (QED) is 0.908. The van der Waals surface area contributed by atoms with Crippen LogP contribution in [0.25, 0.3) is 0 Å². The Hall–Kier alpha value is -2.76. The monoisotopic (exact) mass is 301 g/mol. The molecule has 1 amide bonds. The van der Waals surface area contributed by atoms with Crippen molar-refractivity contribution in [1.82, 2.24) is 5.32 Å². The fourth-order valence-corrected chi connectivity index (χ4v) is 2.54. The van der Waals surface area contributed by atoms with Gasteiger partial charge in [0, 0.05) is 6.42 Å². The van der Waals surface area contributed by atoms with Gasteiger partial charge in [0.25, 0.3) is 5.91 Å². The number of halogens is 2. The smallest absolute Gasteiger partial charge is 0.259 e. The van der Waals surface area contributed by atoms with Crippen molar-refractivity contribution in [2.45, 2.75) is 12.0 Å². The van der Waals surface area contributed by atoms with Crippen molar-refractivity contribution in [3.05, 3.63) is 71.3 Å². The van der Waals surface area contributed by atoms with Gasteiger partial charge in [0.05, 0.1) is 0 Å². The minimum absolute atomic E-state index is 0.0106. The number of nitrogens with two attached hydrogens (primary N) is 1. The standard InChI is InChI=1S/C16H13F2N3O/c17-12-5-1-10(2-6-12)9-16(14(22)20-15(19)21-16)11-3-7-13(18)8-4-11/h1-8H,9H2,(H3,19,20,21,22)/t16-/m0/s1. The summed E-state index contributed by atoms with van der Waals surface area (Å²) < 4.78 is 26.2. The molecule has 22 heavy (non-hydrogen) atoms. The van der Waals surface area contributed by atoms with E-state index in [1.165, 1.54) is 36.4 Å². The van der Waals surface area contributed by atoms with Crippen LogP contribution in [-0.2, 0) is 16.8 Å². The number of hydrogen-bond donors (Lipinski definition) is 2. The van der Waals surface area contributed by atoms with E-state index < -0.39 is 11.4 Å². The first-order chi connectivity index (χ1) is 10.5. The zero-order valence-electron chi connectivity index (χ0n) is 11.5. The van der Waals surface area contributed by atoms with Gasteiger partial charge in [-0.05, 0) is 35.4 Å². The third kappa shape index (κ3) is 2.43. The molecule has 1 aliphatic rings. The molecule has 2 aromatic rings. The van der Waals surface area contributed by atoms with Gasteiger partial charge in [-0.15, -0.1) is 0 Å². The average Bonchev–Trinajstić information content (AvgIpc) is 2.77. The Labute approximate surface area is 125 Å². The minimum atomic E-state index is -1.27. The molecule has 4 nitrogen and oxygen atoms in total. The minimum Gasteiger partial charge on any atom is -0.370 e. The number of rotatable bonds is 3. The molecule has 0 saturated heterocycles. The Bertz CT molecular complexity index is 741. The molecule has 0 aromatic heterocycles. The number of carbonyl (C=O) groups excluding carboxylic acids is 1. The molecule has 6 heteroatoms. The second kappa shape index (κ2) is 5.22. The van der Waals surface area contributed by atoms with E-state index in [0.29, 0.717) is 5.56 Å². The summed E-state index contributed by atoms with van der Waals surface area (Å²) in [5.74, 6) is -1.15. The van der Waals surface area contributed by atoms with Crippen molar-refractivity contribution in [3.8, 4) is 0 Å². The average molecular weight is 301 g/mol. The number of aliphatic imine (C=N–C) groups is 1. The van der Waals surface area contributed by atoms with Crippen molar-refractivity contribution in [3.63, 3.8) is 0 Å². The lowest BCUT2D eigenvalue weighted by Crippen LogP contribution is -2.40. The normalized spacial score (nSPS) is 20.6. The molecule has 0 bridgehead atoms. The number of benzene rings is 2. The van der Waals surface area contributed by atoms with Gasteiger partial charge in [-0.3, -0.25) is 10.1 Å². The SMILES string of the molecule is NC1=N[C@@](Cc2ccc(F)cc2)(c2ccc(F)cc2)C(=O)N1. The predicted octanol–water partition coefficient (Wildman–Crippen LogP) is 1.85. The molecule has 0 spiro atoms. The van der Waals surface area contributed by atoms with Gasteiger partial charge in [-0.25, -0.2) is 13.8 Å². The van der Waals surface area contributed by atoms with Crippen molar-refractivity contribution >= 4 is 11.9 Å². The molecule has 112 valence electrons. The molecule has 0 unspecified atom stereocenters. The second-order valence-corrected chi connectivity index (χ2v) is 5.12. The largest absolute Gasteiger partial charge is 0.370 e. The summed E-state index contributed by atoms with van der Waals surface area (Å²) >= 11 is 0. The molecular formula is C16H13F2N3O. The number of hydrogen-bond acceptors (Lipinski definition) is 3. The Morgan fingerprint density at radius 2 is 1.55 bits per heavy atom. The molecule has 3 N–H and O–H groups in total. The van der Waals surface area contributed by atoms with Gasteiger partial charge in [-0.1, -0.05) is 24.3 Å². The zero-order valence-corrected chi connectivity index (χ0v) is 11.5. The molecule has 1 aliphatic heterocycles. The Morgan fingerprint density at radius 1 is 1.00 bits per heavy atom. The summed E-state index contributed by atoms with van der Waals surface area (Å²) in [6.45, 7) is 0. The Morgan fingerprint density at radius 3 is 2.05 bits per heavy atom. The van der Waals surface area contributed by atoms with Crippen LogP contribution in [0.5, 0.6) is 0 Å². The van der Waals surface area contributed by atoms with E-state index >= 15 is 0 Å². The summed E-state index contributed by atoms with van der Waals surface area (Å²) in [6.07, 6.45) is 0.200. The topological polar surface area (TPSA) is 67.5 Å². The van der Waals surface area contributed by atoms with Crippen LogP contribution in [0.4, 0.5) is 8.78 Å². The predicted molar refractivity (Wildman–Crippen MR) is 77.9 cm³/mol. The first-order valence-corrected chi connectivity index (χ1v) is 6.67. The molecule has 0 radical (unpaired) electrons. The van der Waals surface area contributed by atoms with Gasteiger partial charge in [0.2, 0.25) is 0 Å². The van der Waals surface area contributed by atoms with Crippen molar-refractivity contribution < 1.29 is 13.6 Å². The van der Waals surface area contributed by atoms with E-state index in [1.54, 1.807) is 12.1 Å². The van der Waals surface area contributed by atoms with Crippen LogP contribution >= 0.6 is 0 Å². The third-order valence-corrected chi connectivity index (χ3v) is 3.62. The molecule has 1 heterocycles. The van der Waals surface area contributed by atoms with Crippen LogP contribution in [-0.4, -0.2) is 11.9 Å². The summed E-state index contributed by atoms with van der Waals surface area (Å²) in [5, 5.41) is 2.47. The third-order valence-electron chi connectivity index (χ3n) is 3.62. The van der Waals surface area contributed by atoms with Crippen LogP contribution < -0.4 is 11.1 Å². The van der Waals surface area contributed by atoms with Crippen molar-refractivity contribution in [2.75, 3.05) is 0 Å². The fraction of sp³-hybridized carbons (Fsp3) is 0.125. The molecule has 0 aliphatic carbocycles. The summed E-state index contributed by atoms with van der Waals surface area (Å²) in [4.78, 5) is 16.6. The zero-order chi connectivity index (χ0) is 15.7.